The molecule has 0 saturated carbocycles. The Morgan fingerprint density at radius 3 is 2.78 bits per heavy atom. The maximum Gasteiger partial charge on any atom is 0.269 e. The van der Waals surface area contributed by atoms with Gasteiger partial charge in [-0.25, -0.2) is 9.97 Å². The van der Waals surface area contributed by atoms with Gasteiger partial charge in [-0.15, -0.1) is 0 Å². The number of carbonyl (C=O) groups is 1. The van der Waals surface area contributed by atoms with Gasteiger partial charge < -0.3 is 20.5 Å². The second-order valence-corrected chi connectivity index (χ2v) is 4.62. The molecule has 0 aliphatic heterocycles. The average Bonchev–Trinajstić information content (AvgIpc) is 2.57. The molecular weight excluding hydrogens is 296 g/mol. The number of ether oxygens (including phenoxy) is 2. The quantitative estimate of drug-likeness (QED) is 0.751. The number of nitrogens with two attached hydrogens (primary N) is 1. The number of nitrogen functional groups attached to an aromatic ring is 1. The Balaban J connectivity index is 2.31. The highest BCUT2D eigenvalue weighted by Gasteiger charge is 2.13. The summed E-state index contributed by atoms with van der Waals surface area (Å²) < 4.78 is 11.0. The van der Waals surface area contributed by atoms with Gasteiger partial charge in [0.05, 0.1) is 12.3 Å². The fourth-order valence-corrected chi connectivity index (χ4v) is 2.01. The summed E-state index contributed by atoms with van der Waals surface area (Å²) in [5, 5.41) is 2.52. The number of nitrogens with zero attached hydrogens (tertiary/aromatic N) is 2. The van der Waals surface area contributed by atoms with Crippen molar-refractivity contribution in [1.29, 1.82) is 0 Å². The van der Waals surface area contributed by atoms with E-state index < -0.39 is 0 Å². The highest BCUT2D eigenvalue weighted by Crippen LogP contribution is 2.29. The minimum atomic E-state index is -0.324. The van der Waals surface area contributed by atoms with E-state index in [-0.39, 0.29) is 17.5 Å². The number of aromatic nitrogens is 2. The van der Waals surface area contributed by atoms with Crippen molar-refractivity contribution in [2.45, 2.75) is 6.92 Å². The van der Waals surface area contributed by atoms with Crippen LogP contribution < -0.4 is 15.8 Å². The number of para-hydroxylation sites is 1. The lowest BCUT2D eigenvalue weighted by atomic mass is 10.1. The summed E-state index contributed by atoms with van der Waals surface area (Å²) in [6.45, 7) is 3.49. The number of nitrogens with one attached hydrogen (secondary N) is 1. The third kappa shape index (κ3) is 4.40. The maximum atomic E-state index is 11.8. The summed E-state index contributed by atoms with van der Waals surface area (Å²) in [7, 11) is 1.53. The molecule has 3 N–H and O–H groups in total. The zero-order chi connectivity index (χ0) is 16.7. The van der Waals surface area contributed by atoms with Gasteiger partial charge in [0.2, 0.25) is 5.95 Å². The lowest BCUT2D eigenvalue weighted by Gasteiger charge is -2.12. The molecule has 0 spiro atoms. The van der Waals surface area contributed by atoms with Crippen LogP contribution in [0.25, 0.3) is 11.3 Å². The predicted octanol–water partition coefficient (Wildman–Crippen LogP) is 1.50. The number of anilines is 1. The van der Waals surface area contributed by atoms with Gasteiger partial charge in [-0.2, -0.15) is 0 Å². The number of rotatable bonds is 7. The fraction of sp³-hybridized carbons (Fsp3) is 0.312. The van der Waals surface area contributed by atoms with Crippen LogP contribution in [0.5, 0.6) is 5.75 Å². The number of carbonyl (C=O) groups excluding carboxylic acids is 1. The van der Waals surface area contributed by atoms with Crippen LogP contribution in [0.1, 0.15) is 17.4 Å². The van der Waals surface area contributed by atoms with Crippen LogP contribution in [0, 0.1) is 0 Å². The van der Waals surface area contributed by atoms with Gasteiger partial charge in [0.25, 0.3) is 5.91 Å². The Morgan fingerprint density at radius 2 is 2.04 bits per heavy atom. The lowest BCUT2D eigenvalue weighted by Crippen LogP contribution is -2.20. The molecule has 122 valence electrons. The van der Waals surface area contributed by atoms with E-state index in [9.17, 15) is 4.79 Å². The van der Waals surface area contributed by atoms with Crippen molar-refractivity contribution in [3.8, 4) is 17.0 Å². The number of amides is 1. The Labute approximate surface area is 134 Å². The minimum absolute atomic E-state index is 0.0326. The summed E-state index contributed by atoms with van der Waals surface area (Å²) in [6, 6.07) is 9.00. The first-order valence-electron chi connectivity index (χ1n) is 7.32. The Bertz CT molecular complexity index is 676. The van der Waals surface area contributed by atoms with Gasteiger partial charge >= 0.3 is 0 Å². The molecule has 1 amide bonds. The molecule has 0 unspecified atom stereocenters. The van der Waals surface area contributed by atoms with Crippen LogP contribution in [0.15, 0.2) is 30.3 Å². The van der Waals surface area contributed by atoms with Crippen molar-refractivity contribution in [3.63, 3.8) is 0 Å². The summed E-state index contributed by atoms with van der Waals surface area (Å²) in [5.41, 5.74) is 7.19. The molecule has 1 aromatic carbocycles. The van der Waals surface area contributed by atoms with E-state index in [0.717, 1.165) is 5.56 Å². The lowest BCUT2D eigenvalue weighted by molar-refractivity contribution is 0.0958. The summed E-state index contributed by atoms with van der Waals surface area (Å²) >= 11 is 0. The Kier molecular flexibility index (Phi) is 5.87. The fourth-order valence-electron chi connectivity index (χ4n) is 2.01. The van der Waals surface area contributed by atoms with E-state index in [1.54, 1.807) is 6.07 Å². The number of hydrogen-bond donors (Lipinski definition) is 2. The standard InChI is InChI=1S/C16H20N4O3/c1-3-22-8-9-23-14-7-5-4-6-11(14)12-10-13(15(21)18-2)20-16(17)19-12/h4-7,10H,3,8-9H2,1-2H3,(H,18,21)(H2,17,19,20). The monoisotopic (exact) mass is 316 g/mol. The van der Waals surface area contributed by atoms with Crippen molar-refractivity contribution in [2.75, 3.05) is 32.6 Å². The SMILES string of the molecule is CCOCCOc1ccccc1-c1cc(C(=O)NC)nc(N)n1. The van der Waals surface area contributed by atoms with Crippen molar-refractivity contribution in [3.05, 3.63) is 36.0 Å². The molecule has 0 aliphatic carbocycles. The molecule has 2 aromatic rings. The van der Waals surface area contributed by atoms with E-state index in [4.69, 9.17) is 15.2 Å². The number of benzene rings is 1. The van der Waals surface area contributed by atoms with Gasteiger partial charge in [-0.05, 0) is 25.1 Å². The van der Waals surface area contributed by atoms with Gasteiger partial charge in [0.15, 0.2) is 0 Å². The average molecular weight is 316 g/mol. The van der Waals surface area contributed by atoms with Crippen LogP contribution in [0.2, 0.25) is 0 Å². The predicted molar refractivity (Wildman–Crippen MR) is 87.3 cm³/mol. The third-order valence-corrected chi connectivity index (χ3v) is 3.06. The Hall–Kier alpha value is -2.67. The van der Waals surface area contributed by atoms with Crippen molar-refractivity contribution in [2.24, 2.45) is 0 Å². The van der Waals surface area contributed by atoms with E-state index in [1.807, 2.05) is 31.2 Å². The molecule has 0 aliphatic rings. The van der Waals surface area contributed by atoms with Crippen LogP contribution in [-0.2, 0) is 4.74 Å². The van der Waals surface area contributed by atoms with Crippen LogP contribution in [0.3, 0.4) is 0 Å². The van der Waals surface area contributed by atoms with Crippen LogP contribution >= 0.6 is 0 Å². The second-order valence-electron chi connectivity index (χ2n) is 4.62. The molecule has 7 nitrogen and oxygen atoms in total. The molecule has 2 rings (SSSR count). The molecule has 0 radical (unpaired) electrons. The summed E-state index contributed by atoms with van der Waals surface area (Å²) in [6.07, 6.45) is 0. The first-order valence-corrected chi connectivity index (χ1v) is 7.32. The zero-order valence-electron chi connectivity index (χ0n) is 13.2. The largest absolute Gasteiger partial charge is 0.490 e. The molecule has 23 heavy (non-hydrogen) atoms. The van der Waals surface area contributed by atoms with Crippen molar-refractivity contribution < 1.29 is 14.3 Å². The summed E-state index contributed by atoms with van der Waals surface area (Å²) in [5.74, 6) is 0.355. The Morgan fingerprint density at radius 1 is 1.26 bits per heavy atom. The van der Waals surface area contributed by atoms with Gasteiger partial charge in [-0.3, -0.25) is 4.79 Å². The number of hydrogen-bond acceptors (Lipinski definition) is 6. The smallest absolute Gasteiger partial charge is 0.269 e. The maximum absolute atomic E-state index is 11.8. The molecule has 0 atom stereocenters. The van der Waals surface area contributed by atoms with Crippen molar-refractivity contribution in [1.82, 2.24) is 15.3 Å². The molecule has 1 heterocycles. The third-order valence-electron chi connectivity index (χ3n) is 3.06. The van der Waals surface area contributed by atoms with Crippen LogP contribution in [0.4, 0.5) is 5.95 Å². The van der Waals surface area contributed by atoms with Gasteiger partial charge in [-0.1, -0.05) is 12.1 Å². The molecule has 0 bridgehead atoms. The van der Waals surface area contributed by atoms with E-state index in [1.165, 1.54) is 7.05 Å². The first-order chi connectivity index (χ1) is 11.2. The second kappa shape index (κ2) is 8.09. The molecule has 7 heteroatoms. The van der Waals surface area contributed by atoms with Crippen LogP contribution in [-0.4, -0.2) is 42.7 Å². The highest BCUT2D eigenvalue weighted by molar-refractivity contribution is 5.93. The van der Waals surface area contributed by atoms with E-state index in [2.05, 4.69) is 15.3 Å². The summed E-state index contributed by atoms with van der Waals surface area (Å²) in [4.78, 5) is 19.9. The van der Waals surface area contributed by atoms with Crippen molar-refractivity contribution >= 4 is 11.9 Å². The van der Waals surface area contributed by atoms with E-state index in [0.29, 0.717) is 31.3 Å². The molecule has 0 saturated heterocycles. The highest BCUT2D eigenvalue weighted by atomic mass is 16.5. The molecular formula is C16H20N4O3. The molecule has 0 fully saturated rings. The van der Waals surface area contributed by atoms with Gasteiger partial charge in [0, 0.05) is 19.2 Å². The minimum Gasteiger partial charge on any atom is -0.490 e. The molecule has 1 aromatic heterocycles. The zero-order valence-corrected chi connectivity index (χ0v) is 13.2. The van der Waals surface area contributed by atoms with Gasteiger partial charge in [0.1, 0.15) is 18.1 Å². The van der Waals surface area contributed by atoms with E-state index >= 15 is 0 Å². The first kappa shape index (κ1) is 16.7. The topological polar surface area (TPSA) is 99.4 Å². The normalized spacial score (nSPS) is 10.3.